The maximum Gasteiger partial charge on any atom is 1.00 e. The first-order valence-electron chi connectivity index (χ1n) is 21.7. The molecule has 2 unspecified atom stereocenters. The van der Waals surface area contributed by atoms with Gasteiger partial charge in [0.05, 0.1) is 43.1 Å². The maximum absolute atomic E-state index is 13.1. The molecule has 6 heterocycles. The van der Waals surface area contributed by atoms with E-state index in [9.17, 15) is 32.2 Å². The van der Waals surface area contributed by atoms with E-state index in [0.29, 0.717) is 60.2 Å². The Morgan fingerprint density at radius 3 is 1.47 bits per heavy atom. The van der Waals surface area contributed by atoms with Gasteiger partial charge in [0.15, 0.2) is 0 Å². The Bertz CT molecular complexity index is 2630. The summed E-state index contributed by atoms with van der Waals surface area (Å²) in [5.74, 6) is 0.549. The van der Waals surface area contributed by atoms with Crippen molar-refractivity contribution >= 4 is 65.7 Å². The van der Waals surface area contributed by atoms with Gasteiger partial charge in [0.25, 0.3) is 20.0 Å². The summed E-state index contributed by atoms with van der Waals surface area (Å²) >= 11 is 7.93. The number of thiophene rings is 2. The average molecular weight is 1040 g/mol. The van der Waals surface area contributed by atoms with Crippen LogP contribution in [0.2, 0.25) is 0 Å². The molecule has 3 N–H and O–H groups in total. The number of aliphatic hydroxyl groups is 3. The van der Waals surface area contributed by atoms with Crippen LogP contribution in [0.3, 0.4) is 0 Å². The predicted octanol–water partition coefficient (Wildman–Crippen LogP) is 4.25. The standard InChI is InChI=1S/C24H29N3O4S2.C18H24N2O4S2.C6H6ClN.Na.H/c1-24(2,28)20-7-9-21(10-8-20)27-13-12-26(33(29,30)23-6-4-14-32-23)16-22(27)18-31-17-19-5-3-11-25-15-19;1-18(2,22)14-5-7-15(8-6-14)20-10-9-19(12-16(20)13-21)26(23,24)17-4-3-11-25-17;7-4-6-2-1-3-8-5-6;;/h3-11,14-15,22,28H,12-13,16-18H2,1-2H3;3-8,11,16,21-22H,9-10,12-13H2,1-2H3;1-3,5H,4H2;;/q;;;+1;-1. The van der Waals surface area contributed by atoms with Crippen molar-refractivity contribution in [1.82, 2.24) is 18.6 Å². The number of benzene rings is 2. The third-order valence-electron chi connectivity index (χ3n) is 11.3. The van der Waals surface area contributed by atoms with Gasteiger partial charge in [-0.2, -0.15) is 8.61 Å². The van der Waals surface area contributed by atoms with Crippen molar-refractivity contribution in [3.8, 4) is 0 Å². The molecule has 2 aliphatic rings. The van der Waals surface area contributed by atoms with E-state index in [4.69, 9.17) is 16.3 Å². The third kappa shape index (κ3) is 14.9. The van der Waals surface area contributed by atoms with Crippen LogP contribution < -0.4 is 39.4 Å². The van der Waals surface area contributed by atoms with Gasteiger partial charge in [0.1, 0.15) is 8.42 Å². The molecule has 0 bridgehead atoms. The number of anilines is 2. The van der Waals surface area contributed by atoms with Crippen LogP contribution in [-0.4, -0.2) is 115 Å². The van der Waals surface area contributed by atoms with Gasteiger partial charge in [-0.3, -0.25) is 9.97 Å². The number of nitrogens with zero attached hydrogens (tertiary/aromatic N) is 6. The van der Waals surface area contributed by atoms with Crippen LogP contribution in [0.15, 0.2) is 141 Å². The van der Waals surface area contributed by atoms with Gasteiger partial charge >= 0.3 is 29.6 Å². The summed E-state index contributed by atoms with van der Waals surface area (Å²) in [6.45, 7) is 10.00. The van der Waals surface area contributed by atoms with E-state index in [1.54, 1.807) is 91.8 Å². The second-order valence-corrected chi connectivity index (χ2v) is 23.5. The van der Waals surface area contributed by atoms with E-state index in [2.05, 4.69) is 14.9 Å². The molecule has 2 atom stereocenters. The van der Waals surface area contributed by atoms with E-state index in [0.717, 1.165) is 33.6 Å². The largest absolute Gasteiger partial charge is 1.00 e. The van der Waals surface area contributed by atoms with Crippen molar-refractivity contribution in [1.29, 1.82) is 0 Å². The number of halogens is 1. The van der Waals surface area contributed by atoms with E-state index < -0.39 is 31.2 Å². The normalized spacial score (nSPS) is 17.3. The molecule has 4 aromatic heterocycles. The average Bonchev–Trinajstić information content (AvgIpc) is 4.10. The second kappa shape index (κ2) is 25.2. The van der Waals surface area contributed by atoms with Crippen LogP contribution in [0.25, 0.3) is 0 Å². The van der Waals surface area contributed by atoms with Gasteiger partial charge in [-0.05, 0) is 109 Å². The zero-order valence-electron chi connectivity index (χ0n) is 40.0. The minimum absolute atomic E-state index is 0. The Labute approximate surface area is 437 Å². The minimum atomic E-state index is -3.53. The first-order chi connectivity index (χ1) is 31.9. The van der Waals surface area contributed by atoms with Crippen LogP contribution in [0.4, 0.5) is 11.4 Å². The van der Waals surface area contributed by atoms with Crippen LogP contribution in [0.1, 0.15) is 51.4 Å². The fourth-order valence-corrected chi connectivity index (χ4v) is 12.9. The van der Waals surface area contributed by atoms with Crippen molar-refractivity contribution in [2.75, 3.05) is 62.3 Å². The Morgan fingerprint density at radius 1 is 0.662 bits per heavy atom. The van der Waals surface area contributed by atoms with Gasteiger partial charge in [-0.1, -0.05) is 48.5 Å². The Morgan fingerprint density at radius 2 is 1.10 bits per heavy atom. The number of sulfonamides is 2. The Hall–Kier alpha value is -3.31. The molecule has 0 radical (unpaired) electrons. The molecule has 0 saturated carbocycles. The van der Waals surface area contributed by atoms with Crippen LogP contribution >= 0.6 is 34.3 Å². The molecule has 2 fully saturated rings. The predicted molar refractivity (Wildman–Crippen MR) is 268 cm³/mol. The van der Waals surface area contributed by atoms with Gasteiger partial charge in [-0.25, -0.2) is 16.8 Å². The molecule has 6 aromatic rings. The molecule has 2 aromatic carbocycles. The number of aromatic nitrogens is 2. The first kappa shape index (κ1) is 55.6. The summed E-state index contributed by atoms with van der Waals surface area (Å²) in [6.07, 6.45) is 6.97. The third-order valence-corrected chi connectivity index (χ3v) is 18.1. The molecule has 68 heavy (non-hydrogen) atoms. The maximum atomic E-state index is 13.1. The van der Waals surface area contributed by atoms with E-state index >= 15 is 0 Å². The summed E-state index contributed by atoms with van der Waals surface area (Å²) in [5.41, 5.74) is 3.72. The van der Waals surface area contributed by atoms with Crippen molar-refractivity contribution in [2.45, 2.75) is 71.9 Å². The molecule has 20 heteroatoms. The molecule has 362 valence electrons. The summed E-state index contributed by atoms with van der Waals surface area (Å²) < 4.78 is 61.4. The molecular formula is C48H60ClN6NaO8S4. The molecular weight excluding hydrogens is 975 g/mol. The topological polar surface area (TPSA) is 177 Å². The quantitative estimate of drug-likeness (QED) is 0.105. The fourth-order valence-electron chi connectivity index (χ4n) is 7.54. The molecule has 8 rings (SSSR count). The zero-order valence-corrected chi connectivity index (χ0v) is 45.0. The summed E-state index contributed by atoms with van der Waals surface area (Å²) in [5, 5.41) is 33.7. The molecule has 2 saturated heterocycles. The number of hydrogen-bond acceptors (Lipinski definition) is 14. The van der Waals surface area contributed by atoms with Crippen LogP contribution in [-0.2, 0) is 48.5 Å². The number of alkyl halides is 1. The summed E-state index contributed by atoms with van der Waals surface area (Å²) in [7, 11) is -7.05. The van der Waals surface area contributed by atoms with Crippen molar-refractivity contribution in [3.63, 3.8) is 0 Å². The van der Waals surface area contributed by atoms with Gasteiger partial charge < -0.3 is 31.3 Å². The SMILES string of the molecule is CC(C)(O)c1ccc(N2CCN(S(=O)(=O)c3cccs3)CC2CO)cc1.CC(C)(O)c1ccc(N2CCN(S(=O)(=O)c3cccs3)CC2COCc2cccnc2)cc1.ClCc1cccnc1.[H-].[Na+]. The monoisotopic (exact) mass is 1030 g/mol. The smallest absolute Gasteiger partial charge is 1.00 e. The van der Waals surface area contributed by atoms with E-state index in [1.165, 1.54) is 27.0 Å². The molecule has 0 spiro atoms. The second-order valence-electron chi connectivity index (χ2n) is 17.1. The number of pyridine rings is 2. The summed E-state index contributed by atoms with van der Waals surface area (Å²) in [6, 6.07) is 29.2. The van der Waals surface area contributed by atoms with Crippen LogP contribution in [0, 0.1) is 0 Å². The van der Waals surface area contributed by atoms with E-state index in [1.807, 2.05) is 77.7 Å². The van der Waals surface area contributed by atoms with Crippen LogP contribution in [0.5, 0.6) is 0 Å². The fraction of sp³-hybridized carbons (Fsp3) is 0.375. The number of aliphatic hydroxyl groups excluding tert-OH is 1. The van der Waals surface area contributed by atoms with Gasteiger partial charge in [0.2, 0.25) is 0 Å². The number of piperazine rings is 2. The van der Waals surface area contributed by atoms with Crippen molar-refractivity contribution in [3.05, 3.63) is 155 Å². The van der Waals surface area contributed by atoms with Gasteiger partial charge in [-0.15, -0.1) is 34.3 Å². The van der Waals surface area contributed by atoms with Crippen molar-refractivity contribution in [2.24, 2.45) is 0 Å². The molecule has 14 nitrogen and oxygen atoms in total. The Kier molecular flexibility index (Phi) is 20.6. The minimum Gasteiger partial charge on any atom is -1.00 e. The van der Waals surface area contributed by atoms with E-state index in [-0.39, 0.29) is 56.2 Å². The van der Waals surface area contributed by atoms with Gasteiger partial charge in [0, 0.05) is 81.3 Å². The number of hydrogen-bond donors (Lipinski definition) is 3. The Balaban J connectivity index is 0.000000257. The molecule has 0 amide bonds. The van der Waals surface area contributed by atoms with Crippen molar-refractivity contribution < 1.29 is 67.9 Å². The number of ether oxygens (including phenoxy) is 1. The summed E-state index contributed by atoms with van der Waals surface area (Å²) in [4.78, 5) is 12.2. The zero-order chi connectivity index (χ0) is 48.2. The number of rotatable bonds is 14. The first-order valence-corrected chi connectivity index (χ1v) is 26.9. The molecule has 0 aliphatic carbocycles. The molecule has 2 aliphatic heterocycles.